The van der Waals surface area contributed by atoms with Crippen molar-refractivity contribution in [1.82, 2.24) is 14.5 Å². The average molecular weight is 530 g/mol. The highest BCUT2D eigenvalue weighted by Gasteiger charge is 2.61. The highest BCUT2D eigenvalue weighted by atomic mass is 16.8. The minimum atomic E-state index is -0.818. The van der Waals surface area contributed by atoms with Gasteiger partial charge in [-0.1, -0.05) is 42.5 Å². The second-order valence-electron chi connectivity index (χ2n) is 10.1. The fourth-order valence-electron chi connectivity index (χ4n) is 5.70. The summed E-state index contributed by atoms with van der Waals surface area (Å²) in [5.41, 5.74) is 1.36. The number of fused-ring (bicyclic) bond motifs is 1. The molecule has 4 heterocycles. The van der Waals surface area contributed by atoms with E-state index in [1.807, 2.05) is 54.6 Å². The van der Waals surface area contributed by atoms with Gasteiger partial charge in [0.2, 0.25) is 5.89 Å². The summed E-state index contributed by atoms with van der Waals surface area (Å²) in [6, 6.07) is 18.9. The second kappa shape index (κ2) is 9.64. The number of hydrogen-bond acceptors (Lipinski definition) is 8. The van der Waals surface area contributed by atoms with Crippen molar-refractivity contribution in [3.05, 3.63) is 105 Å². The van der Waals surface area contributed by atoms with Crippen molar-refractivity contribution in [2.75, 3.05) is 0 Å². The number of oxazole rings is 1. The van der Waals surface area contributed by atoms with Crippen LogP contribution in [0, 0.1) is 0 Å². The molecule has 1 aliphatic carbocycles. The summed E-state index contributed by atoms with van der Waals surface area (Å²) in [7, 11) is 0. The van der Waals surface area contributed by atoms with Crippen LogP contribution in [0.4, 0.5) is 0 Å². The average Bonchev–Trinajstić information content (AvgIpc) is 3.74. The molecule has 0 amide bonds. The van der Waals surface area contributed by atoms with Crippen molar-refractivity contribution < 1.29 is 23.4 Å². The van der Waals surface area contributed by atoms with Gasteiger partial charge in [-0.05, 0) is 30.5 Å². The maximum Gasteiger partial charge on any atom is 0.330 e. The molecule has 3 aliphatic rings. The summed E-state index contributed by atoms with van der Waals surface area (Å²) in [6.45, 7) is 0.418. The maximum atomic E-state index is 12.6. The van der Waals surface area contributed by atoms with Crippen molar-refractivity contribution in [2.45, 2.75) is 62.6 Å². The van der Waals surface area contributed by atoms with Crippen LogP contribution in [-0.2, 0) is 20.8 Å². The Labute approximate surface area is 223 Å². The first-order valence-corrected chi connectivity index (χ1v) is 13.1. The first kappa shape index (κ1) is 24.1. The van der Waals surface area contributed by atoms with E-state index in [0.29, 0.717) is 23.9 Å². The van der Waals surface area contributed by atoms with Gasteiger partial charge in [0.25, 0.3) is 5.56 Å². The van der Waals surface area contributed by atoms with Gasteiger partial charge in [-0.25, -0.2) is 9.78 Å². The van der Waals surface area contributed by atoms with E-state index < -0.39 is 41.6 Å². The molecule has 10 heteroatoms. The normalized spacial score (nSPS) is 25.2. The Bertz CT molecular complexity index is 1590. The summed E-state index contributed by atoms with van der Waals surface area (Å²) in [5.74, 6) is 0.278. The maximum absolute atomic E-state index is 12.6. The lowest BCUT2D eigenvalue weighted by molar-refractivity contribution is -0.216. The van der Waals surface area contributed by atoms with Gasteiger partial charge in [0.05, 0.1) is 0 Å². The molecule has 2 aromatic carbocycles. The van der Waals surface area contributed by atoms with E-state index in [0.717, 1.165) is 36.8 Å². The minimum Gasteiger partial charge on any atom is -0.488 e. The van der Waals surface area contributed by atoms with E-state index in [1.54, 1.807) is 6.26 Å². The standard InChI is InChI=1S/C29H27N3O7/c33-22-12-15-32(28(34)31-22)27-25-23(38-29(39-25)13-6-7-14-29)24(37-27)26-30-20(17-36-26)19-10-4-5-11-21(19)35-16-18-8-2-1-3-9-18/h1-5,8-12,15,17,23-25,27H,6-7,13-14,16H2,(H,31,33,34)/t23-,24+,25-,27-/m1/s1. The topological polar surface area (TPSA) is 118 Å². The van der Waals surface area contributed by atoms with E-state index in [1.165, 1.54) is 16.8 Å². The third-order valence-electron chi connectivity index (χ3n) is 7.55. The molecule has 2 saturated heterocycles. The van der Waals surface area contributed by atoms with Crippen LogP contribution in [0.2, 0.25) is 0 Å². The lowest BCUT2D eigenvalue weighted by atomic mass is 10.1. The Morgan fingerprint density at radius 3 is 2.56 bits per heavy atom. The van der Waals surface area contributed by atoms with Crippen LogP contribution in [0.1, 0.15) is 49.5 Å². The third-order valence-corrected chi connectivity index (χ3v) is 7.55. The molecule has 7 rings (SSSR count). The number of rotatable bonds is 6. The number of aromatic amines is 1. The molecule has 0 radical (unpaired) electrons. The Morgan fingerprint density at radius 2 is 1.74 bits per heavy atom. The summed E-state index contributed by atoms with van der Waals surface area (Å²) in [4.78, 5) is 31.4. The van der Waals surface area contributed by atoms with Crippen molar-refractivity contribution in [3.8, 4) is 17.0 Å². The quantitative estimate of drug-likeness (QED) is 0.397. The van der Waals surface area contributed by atoms with Crippen LogP contribution in [0.3, 0.4) is 0 Å². The summed E-state index contributed by atoms with van der Waals surface area (Å²) < 4.78 is 32.6. The number of nitrogens with zero attached hydrogens (tertiary/aromatic N) is 2. The zero-order valence-electron chi connectivity index (χ0n) is 21.0. The molecular formula is C29H27N3O7. The van der Waals surface area contributed by atoms with Gasteiger partial charge in [0.15, 0.2) is 18.1 Å². The van der Waals surface area contributed by atoms with Gasteiger partial charge < -0.3 is 23.4 Å². The summed E-state index contributed by atoms with van der Waals surface area (Å²) >= 11 is 0. The van der Waals surface area contributed by atoms with Crippen molar-refractivity contribution in [2.24, 2.45) is 0 Å². The molecule has 2 aliphatic heterocycles. The molecule has 1 spiro atoms. The number of hydrogen-bond donors (Lipinski definition) is 1. The van der Waals surface area contributed by atoms with Crippen LogP contribution in [0.5, 0.6) is 5.75 Å². The zero-order chi connectivity index (χ0) is 26.4. The highest BCUT2D eigenvalue weighted by Crippen LogP contribution is 2.53. The van der Waals surface area contributed by atoms with Crippen LogP contribution >= 0.6 is 0 Å². The molecule has 2 aromatic heterocycles. The van der Waals surface area contributed by atoms with E-state index >= 15 is 0 Å². The lowest BCUT2D eigenvalue weighted by Crippen LogP contribution is -2.37. The van der Waals surface area contributed by atoms with Crippen LogP contribution in [-0.4, -0.2) is 32.5 Å². The van der Waals surface area contributed by atoms with Gasteiger partial charge in [-0.2, -0.15) is 0 Å². The molecule has 1 saturated carbocycles. The molecule has 200 valence electrons. The van der Waals surface area contributed by atoms with Gasteiger partial charge in [0.1, 0.15) is 36.5 Å². The SMILES string of the molecule is O=c1ccn([C@@H]2O[C@H](c3nc(-c4ccccc4OCc4ccccc4)co3)[C@H]3OC4(CCCC4)O[C@H]32)c(=O)[nH]1. The van der Waals surface area contributed by atoms with E-state index in [2.05, 4.69) is 4.98 Å². The van der Waals surface area contributed by atoms with Crippen molar-refractivity contribution in [3.63, 3.8) is 0 Å². The van der Waals surface area contributed by atoms with E-state index in [9.17, 15) is 9.59 Å². The summed E-state index contributed by atoms with van der Waals surface area (Å²) in [5, 5.41) is 0. The predicted molar refractivity (Wildman–Crippen MR) is 138 cm³/mol. The number of para-hydroxylation sites is 1. The zero-order valence-corrected chi connectivity index (χ0v) is 21.0. The molecule has 4 aromatic rings. The monoisotopic (exact) mass is 529 g/mol. The Hall–Kier alpha value is -3.99. The van der Waals surface area contributed by atoms with Crippen molar-refractivity contribution in [1.29, 1.82) is 0 Å². The number of aromatic nitrogens is 3. The minimum absolute atomic E-state index is 0.316. The molecular weight excluding hydrogens is 502 g/mol. The fraction of sp³-hybridized carbons (Fsp3) is 0.345. The van der Waals surface area contributed by atoms with Gasteiger partial charge in [0, 0.05) is 30.7 Å². The molecule has 39 heavy (non-hydrogen) atoms. The predicted octanol–water partition coefficient (Wildman–Crippen LogP) is 4.10. The fourth-order valence-corrected chi connectivity index (χ4v) is 5.70. The number of benzene rings is 2. The molecule has 0 unspecified atom stereocenters. The first-order valence-electron chi connectivity index (χ1n) is 13.1. The van der Waals surface area contributed by atoms with Gasteiger partial charge >= 0.3 is 5.69 Å². The van der Waals surface area contributed by atoms with E-state index in [4.69, 9.17) is 28.3 Å². The lowest BCUT2D eigenvalue weighted by Gasteiger charge is -2.26. The van der Waals surface area contributed by atoms with Crippen LogP contribution < -0.4 is 16.0 Å². The molecule has 0 bridgehead atoms. The van der Waals surface area contributed by atoms with E-state index in [-0.39, 0.29) is 0 Å². The summed E-state index contributed by atoms with van der Waals surface area (Å²) in [6.07, 6.45) is 3.86. The Balaban J connectivity index is 1.19. The van der Waals surface area contributed by atoms with Gasteiger partial charge in [-0.3, -0.25) is 14.3 Å². The number of H-pyrrole nitrogens is 1. The Morgan fingerprint density at radius 1 is 0.974 bits per heavy atom. The number of ether oxygens (including phenoxy) is 4. The smallest absolute Gasteiger partial charge is 0.330 e. The number of nitrogens with one attached hydrogen (secondary N) is 1. The van der Waals surface area contributed by atoms with Gasteiger partial charge in [-0.15, -0.1) is 0 Å². The molecule has 10 nitrogen and oxygen atoms in total. The largest absolute Gasteiger partial charge is 0.488 e. The molecule has 3 fully saturated rings. The first-order chi connectivity index (χ1) is 19.1. The molecule has 1 N–H and O–H groups in total. The van der Waals surface area contributed by atoms with Crippen molar-refractivity contribution >= 4 is 0 Å². The Kier molecular flexibility index (Phi) is 5.95. The highest BCUT2D eigenvalue weighted by molar-refractivity contribution is 5.66. The second-order valence-corrected chi connectivity index (χ2v) is 10.1. The van der Waals surface area contributed by atoms with Crippen LogP contribution in [0.15, 0.2) is 87.1 Å². The third kappa shape index (κ3) is 4.40. The molecule has 4 atom stereocenters. The van der Waals surface area contributed by atoms with Crippen LogP contribution in [0.25, 0.3) is 11.3 Å².